The average Bonchev–Trinajstić information content (AvgIpc) is 2.26. The molecule has 15 heavy (non-hydrogen) atoms. The Bertz CT molecular complexity index is 306. The van der Waals surface area contributed by atoms with E-state index in [1.165, 1.54) is 6.20 Å². The third-order valence-electron chi connectivity index (χ3n) is 1.69. The summed E-state index contributed by atoms with van der Waals surface area (Å²) in [5.41, 5.74) is 0. The van der Waals surface area contributed by atoms with Crippen LogP contribution in [0, 0.1) is 0 Å². The zero-order valence-corrected chi connectivity index (χ0v) is 8.79. The first-order valence-electron chi connectivity index (χ1n) is 4.54. The molecule has 0 saturated heterocycles. The minimum atomic E-state index is -0.894. The highest BCUT2D eigenvalue weighted by molar-refractivity contribution is 5.34. The fourth-order valence-corrected chi connectivity index (χ4v) is 0.858. The molecule has 0 saturated carbocycles. The molecule has 1 rings (SSSR count). The van der Waals surface area contributed by atoms with Crippen LogP contribution in [0.15, 0.2) is 12.4 Å². The highest BCUT2D eigenvalue weighted by atomic mass is 16.5. The van der Waals surface area contributed by atoms with Crippen molar-refractivity contribution >= 4 is 5.82 Å². The monoisotopic (exact) mass is 213 g/mol. The summed E-state index contributed by atoms with van der Waals surface area (Å²) in [5, 5.41) is 17.6. The van der Waals surface area contributed by atoms with Crippen LogP contribution in [0.3, 0.4) is 0 Å². The molecular weight excluding hydrogens is 198 g/mol. The zero-order valence-electron chi connectivity index (χ0n) is 8.79. The third-order valence-corrected chi connectivity index (χ3v) is 1.69. The van der Waals surface area contributed by atoms with E-state index < -0.39 is 6.10 Å². The van der Waals surface area contributed by atoms with E-state index in [4.69, 9.17) is 14.9 Å². The molecule has 0 bridgehead atoms. The summed E-state index contributed by atoms with van der Waals surface area (Å²) < 4.78 is 5.14. The maximum atomic E-state index is 9.06. The number of hydrogen-bond donors (Lipinski definition) is 2. The number of aliphatic hydroxyl groups is 2. The van der Waals surface area contributed by atoms with Crippen molar-refractivity contribution in [2.75, 3.05) is 32.2 Å². The number of nitrogens with zero attached hydrogens (tertiary/aromatic N) is 3. The minimum absolute atomic E-state index is 0.00205. The molecule has 6 nitrogen and oxygen atoms in total. The Kier molecular flexibility index (Phi) is 4.26. The molecule has 2 N–H and O–H groups in total. The van der Waals surface area contributed by atoms with Gasteiger partial charge in [-0.25, -0.2) is 0 Å². The lowest BCUT2D eigenvalue weighted by atomic mass is 10.4. The molecule has 0 spiro atoms. The summed E-state index contributed by atoms with van der Waals surface area (Å²) in [4.78, 5) is 9.86. The Hall–Kier alpha value is -1.40. The molecule has 1 aromatic heterocycles. The molecule has 1 unspecified atom stereocenters. The molecule has 0 aromatic carbocycles. The number of aromatic nitrogens is 2. The largest absolute Gasteiger partial charge is 0.474 e. The first-order valence-corrected chi connectivity index (χ1v) is 4.54. The summed E-state index contributed by atoms with van der Waals surface area (Å²) in [6, 6.07) is 0. The van der Waals surface area contributed by atoms with Crippen molar-refractivity contribution in [2.45, 2.75) is 6.10 Å². The van der Waals surface area contributed by atoms with Crippen LogP contribution in [0.4, 0.5) is 5.82 Å². The molecule has 0 fully saturated rings. The quantitative estimate of drug-likeness (QED) is 0.671. The topological polar surface area (TPSA) is 78.7 Å². The van der Waals surface area contributed by atoms with E-state index >= 15 is 0 Å². The highest BCUT2D eigenvalue weighted by Crippen LogP contribution is 2.11. The number of ether oxygens (including phenoxy) is 1. The van der Waals surface area contributed by atoms with E-state index in [-0.39, 0.29) is 13.2 Å². The lowest BCUT2D eigenvalue weighted by molar-refractivity contribution is 0.0520. The molecule has 6 heteroatoms. The maximum absolute atomic E-state index is 9.06. The maximum Gasteiger partial charge on any atom is 0.234 e. The van der Waals surface area contributed by atoms with Gasteiger partial charge in [0, 0.05) is 14.1 Å². The molecule has 0 radical (unpaired) electrons. The third kappa shape index (κ3) is 3.69. The average molecular weight is 213 g/mol. The van der Waals surface area contributed by atoms with Crippen LogP contribution in [0.2, 0.25) is 0 Å². The fourth-order valence-electron chi connectivity index (χ4n) is 0.858. The molecule has 1 heterocycles. The van der Waals surface area contributed by atoms with Crippen LogP contribution >= 0.6 is 0 Å². The summed E-state index contributed by atoms with van der Waals surface area (Å²) in [6.07, 6.45) is 2.17. The van der Waals surface area contributed by atoms with Gasteiger partial charge in [0.05, 0.1) is 19.0 Å². The SMILES string of the molecule is CN(C)c1cncc(OCC(O)CO)n1. The number of rotatable bonds is 5. The van der Waals surface area contributed by atoms with Gasteiger partial charge in [0.25, 0.3) is 0 Å². The number of hydrogen-bond acceptors (Lipinski definition) is 6. The predicted octanol–water partition coefficient (Wildman–Crippen LogP) is -0.725. The molecule has 0 aliphatic rings. The van der Waals surface area contributed by atoms with Crippen LogP contribution in [-0.2, 0) is 0 Å². The summed E-state index contributed by atoms with van der Waals surface area (Å²) in [7, 11) is 3.69. The number of anilines is 1. The summed E-state index contributed by atoms with van der Waals surface area (Å²) in [5.74, 6) is 1.000. The van der Waals surface area contributed by atoms with Crippen LogP contribution in [0.1, 0.15) is 0 Å². The van der Waals surface area contributed by atoms with Crippen LogP contribution in [-0.4, -0.2) is 53.6 Å². The fraction of sp³-hybridized carbons (Fsp3) is 0.556. The van der Waals surface area contributed by atoms with E-state index in [0.717, 1.165) is 0 Å². The van der Waals surface area contributed by atoms with E-state index in [2.05, 4.69) is 9.97 Å². The van der Waals surface area contributed by atoms with Crippen molar-refractivity contribution in [1.29, 1.82) is 0 Å². The van der Waals surface area contributed by atoms with E-state index in [1.54, 1.807) is 11.1 Å². The lowest BCUT2D eigenvalue weighted by Gasteiger charge is -2.13. The molecule has 0 amide bonds. The Balaban J connectivity index is 2.58. The summed E-state index contributed by atoms with van der Waals surface area (Å²) in [6.45, 7) is -0.330. The smallest absolute Gasteiger partial charge is 0.234 e. The second-order valence-corrected chi connectivity index (χ2v) is 3.26. The Morgan fingerprint density at radius 1 is 1.47 bits per heavy atom. The Labute approximate surface area is 88.2 Å². The zero-order chi connectivity index (χ0) is 11.3. The van der Waals surface area contributed by atoms with Gasteiger partial charge in [0.15, 0.2) is 5.82 Å². The van der Waals surface area contributed by atoms with Crippen molar-refractivity contribution in [3.63, 3.8) is 0 Å². The van der Waals surface area contributed by atoms with Crippen LogP contribution in [0.5, 0.6) is 5.88 Å². The first-order chi connectivity index (χ1) is 7.13. The number of aliphatic hydroxyl groups excluding tert-OH is 2. The van der Waals surface area contributed by atoms with E-state index in [9.17, 15) is 0 Å². The minimum Gasteiger partial charge on any atom is -0.474 e. The van der Waals surface area contributed by atoms with Crippen molar-refractivity contribution < 1.29 is 14.9 Å². The van der Waals surface area contributed by atoms with Crippen molar-refractivity contribution in [3.05, 3.63) is 12.4 Å². The van der Waals surface area contributed by atoms with Gasteiger partial charge in [-0.2, -0.15) is 4.98 Å². The van der Waals surface area contributed by atoms with Gasteiger partial charge >= 0.3 is 0 Å². The van der Waals surface area contributed by atoms with E-state index in [1.807, 2.05) is 14.1 Å². The van der Waals surface area contributed by atoms with Gasteiger partial charge in [-0.15, -0.1) is 0 Å². The molecule has 84 valence electrons. The summed E-state index contributed by atoms with van der Waals surface area (Å²) >= 11 is 0. The van der Waals surface area contributed by atoms with Crippen molar-refractivity contribution in [2.24, 2.45) is 0 Å². The molecular formula is C9H15N3O3. The van der Waals surface area contributed by atoms with Crippen LogP contribution < -0.4 is 9.64 Å². The molecule has 1 atom stereocenters. The Morgan fingerprint density at radius 2 is 2.20 bits per heavy atom. The van der Waals surface area contributed by atoms with Gasteiger partial charge in [-0.1, -0.05) is 0 Å². The van der Waals surface area contributed by atoms with Crippen molar-refractivity contribution in [1.82, 2.24) is 9.97 Å². The predicted molar refractivity (Wildman–Crippen MR) is 54.9 cm³/mol. The van der Waals surface area contributed by atoms with Crippen LogP contribution in [0.25, 0.3) is 0 Å². The molecule has 0 aliphatic carbocycles. The van der Waals surface area contributed by atoms with Gasteiger partial charge in [0.2, 0.25) is 5.88 Å². The second kappa shape index (κ2) is 5.47. The van der Waals surface area contributed by atoms with Gasteiger partial charge in [0.1, 0.15) is 12.7 Å². The lowest BCUT2D eigenvalue weighted by Crippen LogP contribution is -2.22. The normalized spacial score (nSPS) is 12.3. The van der Waals surface area contributed by atoms with Gasteiger partial charge in [-0.05, 0) is 0 Å². The second-order valence-electron chi connectivity index (χ2n) is 3.26. The first kappa shape index (κ1) is 11.7. The van der Waals surface area contributed by atoms with Gasteiger partial charge in [-0.3, -0.25) is 4.98 Å². The standard InChI is InChI=1S/C9H15N3O3/c1-12(2)8-3-10-4-9(11-8)15-6-7(14)5-13/h3-4,7,13-14H,5-6H2,1-2H3. The molecule has 0 aliphatic heterocycles. The van der Waals surface area contributed by atoms with E-state index in [0.29, 0.717) is 11.7 Å². The molecule has 1 aromatic rings. The van der Waals surface area contributed by atoms with Crippen molar-refractivity contribution in [3.8, 4) is 5.88 Å². The van der Waals surface area contributed by atoms with Gasteiger partial charge < -0.3 is 19.8 Å². The Morgan fingerprint density at radius 3 is 2.80 bits per heavy atom. The highest BCUT2D eigenvalue weighted by Gasteiger charge is 2.05.